The van der Waals surface area contributed by atoms with Gasteiger partial charge in [-0.05, 0) is 65.5 Å². The Hall–Kier alpha value is -6.19. The molecule has 15 heteroatoms. The average molecular weight is 889 g/mol. The van der Waals surface area contributed by atoms with Crippen LogP contribution in [0.5, 0.6) is 0 Å². The van der Waals surface area contributed by atoms with Crippen molar-refractivity contribution in [3.8, 4) is 21.8 Å². The number of rotatable bonds is 17. The molecule has 1 fully saturated rings. The molecule has 1 aliphatic heterocycles. The number of hydrogen-bond donors (Lipinski definition) is 4. The number of carbonyl (C=O) groups excluding carboxylic acids is 4. The van der Waals surface area contributed by atoms with Gasteiger partial charge in [0.2, 0.25) is 11.8 Å². The van der Waals surface area contributed by atoms with Crippen molar-refractivity contribution in [2.24, 2.45) is 10.8 Å². The van der Waals surface area contributed by atoms with Gasteiger partial charge in [0.1, 0.15) is 17.1 Å². The molecule has 0 radical (unpaired) electrons. The minimum Gasteiger partial charge on any atom is -0.453 e. The Morgan fingerprint density at radius 2 is 1.52 bits per heavy atom. The summed E-state index contributed by atoms with van der Waals surface area (Å²) >= 11 is 1.49. The van der Waals surface area contributed by atoms with E-state index in [0.717, 1.165) is 38.6 Å². The van der Waals surface area contributed by atoms with Gasteiger partial charge in [-0.25, -0.2) is 14.6 Å². The van der Waals surface area contributed by atoms with Crippen molar-refractivity contribution >= 4 is 35.3 Å². The molecule has 338 valence electrons. The Morgan fingerprint density at radius 1 is 0.797 bits per heavy atom. The Morgan fingerprint density at radius 3 is 2.16 bits per heavy atom. The zero-order chi connectivity index (χ0) is 46.0. The van der Waals surface area contributed by atoms with Crippen LogP contribution in [0.15, 0.2) is 109 Å². The van der Waals surface area contributed by atoms with Gasteiger partial charge in [0.25, 0.3) is 0 Å². The first-order valence-electron chi connectivity index (χ1n) is 21.6. The van der Waals surface area contributed by atoms with Crippen LogP contribution in [-0.2, 0) is 33.7 Å². The molecular formula is C49H60N8O6S. The fraction of sp³-hybridized carbons (Fsp3) is 0.408. The first-order valence-corrected chi connectivity index (χ1v) is 22.5. The van der Waals surface area contributed by atoms with Crippen LogP contribution >= 0.6 is 11.3 Å². The Labute approximate surface area is 379 Å². The van der Waals surface area contributed by atoms with E-state index in [-0.39, 0.29) is 18.9 Å². The lowest BCUT2D eigenvalue weighted by Crippen LogP contribution is -2.59. The second-order valence-corrected chi connectivity index (χ2v) is 19.3. The number of aliphatic hydroxyl groups excluding tert-OH is 1. The number of nitrogens with zero attached hydrogens (tertiary/aromatic N) is 5. The maximum atomic E-state index is 14.7. The van der Waals surface area contributed by atoms with Crippen LogP contribution in [-0.4, -0.2) is 104 Å². The lowest BCUT2D eigenvalue weighted by molar-refractivity contribution is -0.131. The monoisotopic (exact) mass is 888 g/mol. The number of aliphatic hydroxyl groups is 1. The molecule has 4 heterocycles. The van der Waals surface area contributed by atoms with Crippen molar-refractivity contribution in [3.05, 3.63) is 126 Å². The van der Waals surface area contributed by atoms with Gasteiger partial charge >= 0.3 is 12.1 Å². The van der Waals surface area contributed by atoms with Crippen LogP contribution < -0.4 is 16.0 Å². The quantitative estimate of drug-likeness (QED) is 0.0774. The van der Waals surface area contributed by atoms with Crippen LogP contribution in [0.4, 0.5) is 9.59 Å². The van der Waals surface area contributed by atoms with Gasteiger partial charge < -0.3 is 35.6 Å². The standard InChI is InChI=1S/C49H60N8O6S/c1-48(2,3)41(55-46(61)63-7)43(59)52-36(26-33-18-20-34(21-19-33)38-17-11-12-23-51-38)28-40(58)39(27-32-14-9-8-10-15-32)54-44(60)42(49(4,5)6)57-25-24-56(47(57)62)30-37-31-64-45(53-37)35-16-13-22-50-29-35/h8-23,29,31,36,39-42,58H,24-28,30H2,1-7H3,(H,52,59)(H,54,60)(H,55,61)/t36-,39-,40-,41+,42+/m0/s1. The number of urea groups is 1. The van der Waals surface area contributed by atoms with Crippen molar-refractivity contribution in [2.75, 3.05) is 20.2 Å². The third-order valence-corrected chi connectivity index (χ3v) is 12.2. The topological polar surface area (TPSA) is 179 Å². The summed E-state index contributed by atoms with van der Waals surface area (Å²) in [6, 6.07) is 23.4. The molecule has 5 atom stereocenters. The van der Waals surface area contributed by atoms with E-state index in [4.69, 9.17) is 9.72 Å². The number of alkyl carbamates (subject to hydrolysis) is 1. The van der Waals surface area contributed by atoms with E-state index in [9.17, 15) is 24.3 Å². The fourth-order valence-corrected chi connectivity index (χ4v) is 8.82. The summed E-state index contributed by atoms with van der Waals surface area (Å²) in [5.74, 6) is -0.837. The molecule has 64 heavy (non-hydrogen) atoms. The molecule has 0 spiro atoms. The predicted molar refractivity (Wildman–Crippen MR) is 248 cm³/mol. The van der Waals surface area contributed by atoms with Gasteiger partial charge in [-0.2, -0.15) is 0 Å². The van der Waals surface area contributed by atoms with E-state index >= 15 is 0 Å². The second-order valence-electron chi connectivity index (χ2n) is 18.4. The van der Waals surface area contributed by atoms with Crippen molar-refractivity contribution in [1.82, 2.24) is 40.7 Å². The summed E-state index contributed by atoms with van der Waals surface area (Å²) in [7, 11) is 1.24. The fourth-order valence-electron chi connectivity index (χ4n) is 8.02. The van der Waals surface area contributed by atoms with Crippen LogP contribution in [0, 0.1) is 10.8 Å². The highest BCUT2D eigenvalue weighted by Gasteiger charge is 2.44. The molecular weight excluding hydrogens is 829 g/mol. The highest BCUT2D eigenvalue weighted by atomic mass is 32.1. The maximum Gasteiger partial charge on any atom is 0.407 e. The van der Waals surface area contributed by atoms with Crippen LogP contribution in [0.1, 0.15) is 64.8 Å². The summed E-state index contributed by atoms with van der Waals surface area (Å²) in [6.07, 6.45) is 3.96. The number of carbonyl (C=O) groups is 4. The molecule has 1 aliphatic rings. The SMILES string of the molecule is COC(=O)N[C@H](C(=O)N[C@@H](Cc1ccc(-c2ccccn2)cc1)C[C@H](O)[C@H](Cc1ccccc1)NC(=O)[C@@H](N1CCN(Cc2csc(-c3cccnc3)n2)C1=O)C(C)(C)C)C(C)(C)C. The van der Waals surface area contributed by atoms with Crippen molar-refractivity contribution in [2.45, 2.75) is 97.6 Å². The van der Waals surface area contributed by atoms with Gasteiger partial charge in [0.15, 0.2) is 0 Å². The van der Waals surface area contributed by atoms with Crippen molar-refractivity contribution in [1.29, 1.82) is 0 Å². The number of pyridine rings is 2. The number of ether oxygens (including phenoxy) is 1. The normalized spacial score (nSPS) is 15.5. The number of hydrogen-bond acceptors (Lipinski definition) is 10. The summed E-state index contributed by atoms with van der Waals surface area (Å²) in [6.45, 7) is 12.3. The van der Waals surface area contributed by atoms with Gasteiger partial charge in [-0.1, -0.05) is 102 Å². The number of thiazole rings is 1. The summed E-state index contributed by atoms with van der Waals surface area (Å²) in [5.41, 5.74) is 3.81. The lowest BCUT2D eigenvalue weighted by atomic mass is 9.84. The number of benzene rings is 2. The number of methoxy groups -OCH3 is 1. The largest absolute Gasteiger partial charge is 0.453 e. The molecule has 0 unspecified atom stereocenters. The minimum absolute atomic E-state index is 0.0475. The third kappa shape index (κ3) is 12.5. The first kappa shape index (κ1) is 47.3. The van der Waals surface area contributed by atoms with E-state index < -0.39 is 59.0 Å². The number of aromatic nitrogens is 3. The van der Waals surface area contributed by atoms with Gasteiger partial charge in [0, 0.05) is 54.2 Å². The highest BCUT2D eigenvalue weighted by molar-refractivity contribution is 7.13. The highest BCUT2D eigenvalue weighted by Crippen LogP contribution is 2.30. The van der Waals surface area contributed by atoms with Gasteiger partial charge in [0.05, 0.1) is 37.2 Å². The first-order chi connectivity index (χ1) is 30.5. The summed E-state index contributed by atoms with van der Waals surface area (Å²) in [4.78, 5) is 72.1. The van der Waals surface area contributed by atoms with Crippen LogP contribution in [0.2, 0.25) is 0 Å². The molecule has 0 saturated carbocycles. The van der Waals surface area contributed by atoms with Gasteiger partial charge in [-0.15, -0.1) is 11.3 Å². The average Bonchev–Trinajstić information content (AvgIpc) is 3.88. The molecule has 14 nitrogen and oxygen atoms in total. The van der Waals surface area contributed by atoms with E-state index in [2.05, 4.69) is 25.9 Å². The Bertz CT molecular complexity index is 2320. The molecule has 0 aliphatic carbocycles. The number of amides is 5. The molecule has 5 amide bonds. The van der Waals surface area contributed by atoms with Crippen molar-refractivity contribution < 1.29 is 29.0 Å². The summed E-state index contributed by atoms with van der Waals surface area (Å²) in [5, 5.41) is 24.0. The van der Waals surface area contributed by atoms with E-state index in [0.29, 0.717) is 26.1 Å². The van der Waals surface area contributed by atoms with Gasteiger partial charge in [-0.3, -0.25) is 19.6 Å². The van der Waals surface area contributed by atoms with Crippen LogP contribution in [0.3, 0.4) is 0 Å². The number of nitrogens with one attached hydrogen (secondary N) is 3. The minimum atomic E-state index is -1.16. The zero-order valence-corrected chi connectivity index (χ0v) is 38.5. The van der Waals surface area contributed by atoms with Crippen molar-refractivity contribution in [3.63, 3.8) is 0 Å². The maximum absolute atomic E-state index is 14.7. The molecule has 5 aromatic rings. The Kier molecular flexibility index (Phi) is 15.5. The lowest BCUT2D eigenvalue weighted by Gasteiger charge is -2.38. The molecule has 2 aromatic carbocycles. The Balaban J connectivity index is 1.24. The van der Waals surface area contributed by atoms with E-state index in [1.54, 1.807) is 28.4 Å². The zero-order valence-electron chi connectivity index (χ0n) is 37.7. The second kappa shape index (κ2) is 21.0. The predicted octanol–water partition coefficient (Wildman–Crippen LogP) is 6.90. The summed E-state index contributed by atoms with van der Waals surface area (Å²) < 4.78 is 4.85. The molecule has 3 aromatic heterocycles. The van der Waals surface area contributed by atoms with E-state index in [1.807, 2.05) is 132 Å². The smallest absolute Gasteiger partial charge is 0.407 e. The molecule has 0 bridgehead atoms. The molecule has 4 N–H and O–H groups in total. The third-order valence-electron chi connectivity index (χ3n) is 11.3. The molecule has 6 rings (SSSR count). The van der Waals surface area contributed by atoms with E-state index in [1.165, 1.54) is 18.4 Å². The van der Waals surface area contributed by atoms with Crippen LogP contribution in [0.25, 0.3) is 21.8 Å². The molecule has 1 saturated heterocycles.